The van der Waals surface area contributed by atoms with Gasteiger partial charge in [-0.3, -0.25) is 9.89 Å². The van der Waals surface area contributed by atoms with Crippen molar-refractivity contribution in [2.24, 2.45) is 0 Å². The number of fused-ring (bicyclic) bond motifs is 1. The Morgan fingerprint density at radius 1 is 1.19 bits per heavy atom. The summed E-state index contributed by atoms with van der Waals surface area (Å²) in [5.41, 5.74) is 1.82. The number of rotatable bonds is 2. The highest BCUT2D eigenvalue weighted by molar-refractivity contribution is 5.87. The van der Waals surface area contributed by atoms with Gasteiger partial charge in [0.15, 0.2) is 0 Å². The molecule has 1 aliphatic heterocycles. The maximum Gasteiger partial charge on any atom is 0.264 e. The third kappa shape index (κ3) is 2.10. The van der Waals surface area contributed by atoms with Crippen LogP contribution in [0, 0.1) is 0 Å². The summed E-state index contributed by atoms with van der Waals surface area (Å²) in [6.07, 6.45) is 5.50. The first-order chi connectivity index (χ1) is 10.3. The summed E-state index contributed by atoms with van der Waals surface area (Å²) < 4.78 is 0. The van der Waals surface area contributed by atoms with Gasteiger partial charge in [0.25, 0.3) is 5.56 Å². The standard InChI is InChI=1S/C14H16N6O/c21-12-7-11(18-19-12)9-2-5-20(6-3-9)14-10-1-4-15-13(10)16-8-17-14/h1,4,7-9H,2-3,5-6H2,(H,15,16,17)(H2,18,19,21). The van der Waals surface area contributed by atoms with Gasteiger partial charge >= 0.3 is 0 Å². The number of aromatic nitrogens is 5. The van der Waals surface area contributed by atoms with Crippen LogP contribution in [0.5, 0.6) is 0 Å². The fourth-order valence-corrected chi connectivity index (χ4v) is 3.08. The van der Waals surface area contributed by atoms with Crippen LogP contribution in [0.15, 0.2) is 29.5 Å². The van der Waals surface area contributed by atoms with Crippen molar-refractivity contribution in [3.63, 3.8) is 0 Å². The van der Waals surface area contributed by atoms with Gasteiger partial charge in [0.2, 0.25) is 0 Å². The van der Waals surface area contributed by atoms with Crippen molar-refractivity contribution < 1.29 is 0 Å². The molecular formula is C14H16N6O. The molecule has 1 fully saturated rings. The highest BCUT2D eigenvalue weighted by Gasteiger charge is 2.23. The highest BCUT2D eigenvalue weighted by Crippen LogP contribution is 2.30. The van der Waals surface area contributed by atoms with Gasteiger partial charge < -0.3 is 15.0 Å². The molecule has 4 rings (SSSR count). The number of H-pyrrole nitrogens is 3. The molecule has 4 heterocycles. The minimum Gasteiger partial charge on any atom is -0.356 e. The van der Waals surface area contributed by atoms with Crippen molar-refractivity contribution in [3.8, 4) is 0 Å². The maximum absolute atomic E-state index is 11.2. The van der Waals surface area contributed by atoms with Crippen LogP contribution in [0.2, 0.25) is 0 Å². The number of aromatic amines is 3. The lowest BCUT2D eigenvalue weighted by Gasteiger charge is -2.32. The van der Waals surface area contributed by atoms with Crippen LogP contribution in [0.3, 0.4) is 0 Å². The molecule has 0 atom stereocenters. The lowest BCUT2D eigenvalue weighted by atomic mass is 9.93. The first-order valence-electron chi connectivity index (χ1n) is 7.12. The summed E-state index contributed by atoms with van der Waals surface area (Å²) in [5.74, 6) is 1.39. The molecule has 1 saturated heterocycles. The summed E-state index contributed by atoms with van der Waals surface area (Å²) in [7, 11) is 0. The fourth-order valence-electron chi connectivity index (χ4n) is 3.08. The molecule has 3 aromatic rings. The Balaban J connectivity index is 1.55. The smallest absolute Gasteiger partial charge is 0.264 e. The van der Waals surface area contributed by atoms with Crippen LogP contribution in [0.1, 0.15) is 24.5 Å². The van der Waals surface area contributed by atoms with E-state index < -0.39 is 0 Å². The van der Waals surface area contributed by atoms with Crippen molar-refractivity contribution in [2.75, 3.05) is 18.0 Å². The Kier molecular flexibility index (Phi) is 2.77. The molecule has 3 aromatic heterocycles. The molecule has 3 N–H and O–H groups in total. The predicted octanol–water partition coefficient (Wildman–Crippen LogP) is 1.36. The van der Waals surface area contributed by atoms with Gasteiger partial charge in [0, 0.05) is 37.0 Å². The quantitative estimate of drug-likeness (QED) is 0.662. The van der Waals surface area contributed by atoms with Crippen molar-refractivity contribution in [3.05, 3.63) is 40.7 Å². The number of piperidine rings is 1. The van der Waals surface area contributed by atoms with E-state index in [1.54, 1.807) is 12.4 Å². The molecule has 1 aliphatic rings. The van der Waals surface area contributed by atoms with Crippen LogP contribution < -0.4 is 10.5 Å². The Morgan fingerprint density at radius 2 is 2.05 bits per heavy atom. The molecule has 0 spiro atoms. The van der Waals surface area contributed by atoms with Gasteiger partial charge in [-0.15, -0.1) is 0 Å². The number of hydrogen-bond donors (Lipinski definition) is 3. The highest BCUT2D eigenvalue weighted by atomic mass is 16.1. The monoisotopic (exact) mass is 284 g/mol. The fraction of sp³-hybridized carbons (Fsp3) is 0.357. The van der Waals surface area contributed by atoms with Crippen molar-refractivity contribution in [2.45, 2.75) is 18.8 Å². The zero-order chi connectivity index (χ0) is 14.2. The van der Waals surface area contributed by atoms with E-state index in [0.29, 0.717) is 5.92 Å². The van der Waals surface area contributed by atoms with E-state index >= 15 is 0 Å². The topological polar surface area (TPSA) is 93.5 Å². The summed E-state index contributed by atoms with van der Waals surface area (Å²) in [5, 5.41) is 6.64. The minimum absolute atomic E-state index is 0.0581. The molecule has 0 aromatic carbocycles. The molecular weight excluding hydrogens is 268 g/mol. The van der Waals surface area contributed by atoms with E-state index in [0.717, 1.165) is 48.5 Å². The van der Waals surface area contributed by atoms with Crippen LogP contribution in [0.4, 0.5) is 5.82 Å². The lowest BCUT2D eigenvalue weighted by Crippen LogP contribution is -2.33. The van der Waals surface area contributed by atoms with Crippen molar-refractivity contribution >= 4 is 16.9 Å². The lowest BCUT2D eigenvalue weighted by molar-refractivity contribution is 0.494. The number of anilines is 1. The van der Waals surface area contributed by atoms with E-state index in [4.69, 9.17) is 0 Å². The second-order valence-corrected chi connectivity index (χ2v) is 5.41. The van der Waals surface area contributed by atoms with Gasteiger partial charge in [0.05, 0.1) is 5.39 Å². The largest absolute Gasteiger partial charge is 0.356 e. The number of nitrogens with zero attached hydrogens (tertiary/aromatic N) is 3. The third-order valence-electron chi connectivity index (χ3n) is 4.18. The molecule has 0 bridgehead atoms. The zero-order valence-corrected chi connectivity index (χ0v) is 11.5. The average molecular weight is 284 g/mol. The second-order valence-electron chi connectivity index (χ2n) is 5.41. The van der Waals surface area contributed by atoms with E-state index in [9.17, 15) is 4.79 Å². The molecule has 0 aliphatic carbocycles. The van der Waals surface area contributed by atoms with E-state index in [1.807, 2.05) is 12.3 Å². The van der Waals surface area contributed by atoms with E-state index in [1.165, 1.54) is 0 Å². The predicted molar refractivity (Wildman–Crippen MR) is 79.5 cm³/mol. The Labute approximate surface area is 120 Å². The minimum atomic E-state index is -0.0581. The molecule has 0 unspecified atom stereocenters. The summed E-state index contributed by atoms with van der Waals surface area (Å²) in [4.78, 5) is 25.3. The first-order valence-corrected chi connectivity index (χ1v) is 7.12. The first kappa shape index (κ1) is 12.2. The molecule has 0 amide bonds. The number of hydrogen-bond acceptors (Lipinski definition) is 4. The Hall–Kier alpha value is -2.57. The zero-order valence-electron chi connectivity index (χ0n) is 11.5. The Morgan fingerprint density at radius 3 is 2.81 bits per heavy atom. The van der Waals surface area contributed by atoms with E-state index in [-0.39, 0.29) is 5.56 Å². The SMILES string of the molecule is O=c1cc(C2CCN(c3ncnc4[nH]ccc34)CC2)[nH][nH]1. The summed E-state index contributed by atoms with van der Waals surface area (Å²) >= 11 is 0. The summed E-state index contributed by atoms with van der Waals surface area (Å²) in [6, 6.07) is 3.68. The van der Waals surface area contributed by atoms with Crippen LogP contribution in [0.25, 0.3) is 11.0 Å². The Bertz CT molecular complexity index is 808. The van der Waals surface area contributed by atoms with Crippen molar-refractivity contribution in [1.29, 1.82) is 0 Å². The van der Waals surface area contributed by atoms with Crippen molar-refractivity contribution in [1.82, 2.24) is 25.1 Å². The van der Waals surface area contributed by atoms with E-state index in [2.05, 4.69) is 30.0 Å². The molecule has 0 saturated carbocycles. The normalized spacial score (nSPS) is 16.7. The maximum atomic E-state index is 11.2. The van der Waals surface area contributed by atoms with Gasteiger partial charge in [-0.1, -0.05) is 0 Å². The van der Waals surface area contributed by atoms with Gasteiger partial charge in [0.1, 0.15) is 17.8 Å². The van der Waals surface area contributed by atoms with Gasteiger partial charge in [-0.25, -0.2) is 9.97 Å². The summed E-state index contributed by atoms with van der Waals surface area (Å²) in [6.45, 7) is 1.85. The molecule has 108 valence electrons. The van der Waals surface area contributed by atoms with Gasteiger partial charge in [-0.2, -0.15) is 0 Å². The second kappa shape index (κ2) is 4.76. The average Bonchev–Trinajstić information content (AvgIpc) is 3.15. The molecule has 21 heavy (non-hydrogen) atoms. The number of nitrogens with one attached hydrogen (secondary N) is 3. The van der Waals surface area contributed by atoms with Crippen LogP contribution >= 0.6 is 0 Å². The molecule has 0 radical (unpaired) electrons. The molecule has 7 nitrogen and oxygen atoms in total. The third-order valence-corrected chi connectivity index (χ3v) is 4.18. The van der Waals surface area contributed by atoms with Crippen LogP contribution in [-0.2, 0) is 0 Å². The van der Waals surface area contributed by atoms with Crippen LogP contribution in [-0.4, -0.2) is 38.2 Å². The molecule has 7 heteroatoms. The van der Waals surface area contributed by atoms with Gasteiger partial charge in [-0.05, 0) is 18.9 Å².